The molecule has 0 unspecified atom stereocenters. The van der Waals surface area contributed by atoms with Crippen molar-refractivity contribution in [3.05, 3.63) is 52.7 Å². The van der Waals surface area contributed by atoms with Crippen LogP contribution in [0.5, 0.6) is 0 Å². The quantitative estimate of drug-likeness (QED) is 0.571. The number of halogens is 1. The van der Waals surface area contributed by atoms with Gasteiger partial charge in [0, 0.05) is 24.9 Å². The van der Waals surface area contributed by atoms with Crippen molar-refractivity contribution in [2.24, 2.45) is 0 Å². The van der Waals surface area contributed by atoms with Crippen LogP contribution in [0.4, 0.5) is 11.7 Å². The van der Waals surface area contributed by atoms with Gasteiger partial charge in [-0.05, 0) is 52.3 Å². The molecule has 1 aliphatic rings. The van der Waals surface area contributed by atoms with Gasteiger partial charge >= 0.3 is 6.01 Å². The second-order valence-electron chi connectivity index (χ2n) is 6.67. The van der Waals surface area contributed by atoms with Crippen molar-refractivity contribution >= 4 is 49.3 Å². The number of sulfone groups is 1. The number of aromatic nitrogens is 2. The minimum absolute atomic E-state index is 0.0707. The molecule has 156 valence electrons. The Morgan fingerprint density at radius 1 is 1.17 bits per heavy atom. The number of nitrogens with one attached hydrogen (secondary N) is 1. The van der Waals surface area contributed by atoms with E-state index in [1.807, 2.05) is 0 Å². The maximum Gasteiger partial charge on any atom is 0.322 e. The number of carbonyl (C=O) groups is 2. The maximum absolute atomic E-state index is 12.4. The molecule has 1 aromatic carbocycles. The van der Waals surface area contributed by atoms with Crippen LogP contribution in [0.1, 0.15) is 28.8 Å². The third kappa shape index (κ3) is 4.14. The first kappa shape index (κ1) is 20.3. The van der Waals surface area contributed by atoms with Crippen molar-refractivity contribution in [2.75, 3.05) is 23.0 Å². The summed E-state index contributed by atoms with van der Waals surface area (Å²) in [5, 5.41) is 10.2. The largest absolute Gasteiger partial charge is 0.444 e. The first-order valence-electron chi connectivity index (χ1n) is 8.71. The molecule has 1 saturated heterocycles. The van der Waals surface area contributed by atoms with E-state index in [0.717, 1.165) is 6.26 Å². The van der Waals surface area contributed by atoms with Crippen molar-refractivity contribution < 1.29 is 26.8 Å². The lowest BCUT2D eigenvalue weighted by molar-refractivity contribution is -0.117. The summed E-state index contributed by atoms with van der Waals surface area (Å²) in [6.07, 6.45) is 1.27. The van der Waals surface area contributed by atoms with Crippen molar-refractivity contribution in [3.8, 4) is 0 Å². The molecule has 1 atom stereocenters. The lowest BCUT2D eigenvalue weighted by Gasteiger charge is -2.16. The molecule has 2 aromatic heterocycles. The number of hydrogen-bond donors (Lipinski definition) is 1. The van der Waals surface area contributed by atoms with Crippen LogP contribution in [-0.4, -0.2) is 43.2 Å². The molecule has 1 aliphatic heterocycles. The van der Waals surface area contributed by atoms with E-state index < -0.39 is 15.7 Å². The van der Waals surface area contributed by atoms with Crippen molar-refractivity contribution in [2.45, 2.75) is 17.2 Å². The van der Waals surface area contributed by atoms with E-state index >= 15 is 0 Å². The van der Waals surface area contributed by atoms with Crippen molar-refractivity contribution in [1.29, 1.82) is 0 Å². The molecule has 2 amide bonds. The Morgan fingerprint density at radius 3 is 2.53 bits per heavy atom. The molecule has 0 spiro atoms. The van der Waals surface area contributed by atoms with E-state index in [1.165, 1.54) is 23.1 Å². The van der Waals surface area contributed by atoms with Gasteiger partial charge in [0.25, 0.3) is 5.91 Å². The van der Waals surface area contributed by atoms with E-state index in [1.54, 1.807) is 18.2 Å². The normalized spacial score (nSPS) is 16.8. The summed E-state index contributed by atoms with van der Waals surface area (Å²) in [5.74, 6) is -0.777. The lowest BCUT2D eigenvalue weighted by Crippen LogP contribution is -2.24. The van der Waals surface area contributed by atoms with Gasteiger partial charge in [0.1, 0.15) is 0 Å². The number of benzene rings is 1. The van der Waals surface area contributed by atoms with Gasteiger partial charge in [-0.1, -0.05) is 5.10 Å². The predicted octanol–water partition coefficient (Wildman–Crippen LogP) is 2.60. The summed E-state index contributed by atoms with van der Waals surface area (Å²) in [6.45, 7) is 0.289. The number of hydrogen-bond acceptors (Lipinski definition) is 8. The van der Waals surface area contributed by atoms with Crippen LogP contribution in [0.3, 0.4) is 0 Å². The van der Waals surface area contributed by atoms with E-state index in [9.17, 15) is 18.0 Å². The highest BCUT2D eigenvalue weighted by molar-refractivity contribution is 9.10. The van der Waals surface area contributed by atoms with E-state index in [2.05, 4.69) is 31.4 Å². The van der Waals surface area contributed by atoms with E-state index in [-0.39, 0.29) is 47.4 Å². The van der Waals surface area contributed by atoms with Gasteiger partial charge in [-0.15, -0.1) is 5.10 Å². The Balaban J connectivity index is 1.45. The Labute approximate surface area is 179 Å². The van der Waals surface area contributed by atoms with Gasteiger partial charge in [-0.3, -0.25) is 14.9 Å². The fourth-order valence-corrected chi connectivity index (χ4v) is 3.98. The minimum atomic E-state index is -3.32. The summed E-state index contributed by atoms with van der Waals surface area (Å²) >= 11 is 3.11. The average Bonchev–Trinajstić information content (AvgIpc) is 3.41. The minimum Gasteiger partial charge on any atom is -0.444 e. The van der Waals surface area contributed by atoms with Crippen LogP contribution in [0.15, 0.2) is 54.8 Å². The topological polar surface area (TPSA) is 136 Å². The summed E-state index contributed by atoms with van der Waals surface area (Å²) in [5.41, 5.74) is 0.575. The third-order valence-corrected chi connectivity index (χ3v) is 6.06. The van der Waals surface area contributed by atoms with Crippen LogP contribution < -0.4 is 10.2 Å². The molecule has 3 heterocycles. The second-order valence-corrected chi connectivity index (χ2v) is 9.47. The zero-order valence-corrected chi connectivity index (χ0v) is 17.9. The molecule has 0 saturated carbocycles. The molecular weight excluding hydrogens is 480 g/mol. The molecule has 3 aromatic rings. The Hall–Kier alpha value is -2.99. The van der Waals surface area contributed by atoms with Crippen molar-refractivity contribution in [3.63, 3.8) is 0 Å². The fraction of sp³-hybridized carbons (Fsp3) is 0.222. The fourth-order valence-electron chi connectivity index (χ4n) is 3.04. The smallest absolute Gasteiger partial charge is 0.322 e. The molecule has 1 N–H and O–H groups in total. The van der Waals surface area contributed by atoms with Gasteiger partial charge in [0.05, 0.1) is 10.8 Å². The number of rotatable bonds is 5. The predicted molar refractivity (Wildman–Crippen MR) is 108 cm³/mol. The SMILES string of the molecule is CS(=O)(=O)c1ccc(N2C[C@@H](c3nnc(NC(=O)c4ccc(Br)o4)o3)CC2=O)cc1. The molecule has 10 nitrogen and oxygen atoms in total. The highest BCUT2D eigenvalue weighted by Crippen LogP contribution is 2.32. The lowest BCUT2D eigenvalue weighted by atomic mass is 10.1. The highest BCUT2D eigenvalue weighted by Gasteiger charge is 2.35. The molecule has 30 heavy (non-hydrogen) atoms. The molecular formula is C18H15BrN4O6S. The standard InChI is InChI=1S/C18H15BrN4O6S/c1-30(26,27)12-4-2-11(3-5-12)23-9-10(8-15(23)24)17-21-22-18(29-17)20-16(25)13-6-7-14(19)28-13/h2-7,10H,8-9H2,1H3,(H,20,22,25)/t10-/m0/s1. The zero-order chi connectivity index (χ0) is 21.5. The maximum atomic E-state index is 12.4. The van der Waals surface area contributed by atoms with Crippen LogP contribution >= 0.6 is 15.9 Å². The van der Waals surface area contributed by atoms with Crippen LogP contribution in [-0.2, 0) is 14.6 Å². The molecule has 12 heteroatoms. The van der Waals surface area contributed by atoms with Gasteiger partial charge in [0.15, 0.2) is 20.3 Å². The number of carbonyl (C=O) groups excluding carboxylic acids is 2. The second kappa shape index (κ2) is 7.69. The van der Waals surface area contributed by atoms with Crippen LogP contribution in [0.2, 0.25) is 0 Å². The van der Waals surface area contributed by atoms with Crippen LogP contribution in [0, 0.1) is 0 Å². The molecule has 4 rings (SSSR count). The zero-order valence-electron chi connectivity index (χ0n) is 15.5. The van der Waals surface area contributed by atoms with E-state index in [0.29, 0.717) is 10.4 Å². The van der Waals surface area contributed by atoms with E-state index in [4.69, 9.17) is 8.83 Å². The van der Waals surface area contributed by atoms with Gasteiger partial charge in [-0.25, -0.2) is 8.42 Å². The third-order valence-electron chi connectivity index (χ3n) is 4.51. The summed E-state index contributed by atoms with van der Waals surface area (Å²) in [4.78, 5) is 26.2. The van der Waals surface area contributed by atoms with Crippen molar-refractivity contribution in [1.82, 2.24) is 10.2 Å². The Bertz CT molecular complexity index is 1220. The van der Waals surface area contributed by atoms with Gasteiger partial charge < -0.3 is 13.7 Å². The summed E-state index contributed by atoms with van der Waals surface area (Å²) in [6, 6.07) is 9.03. The van der Waals surface area contributed by atoms with Crippen LogP contribution in [0.25, 0.3) is 0 Å². The highest BCUT2D eigenvalue weighted by atomic mass is 79.9. The first-order chi connectivity index (χ1) is 14.2. The van der Waals surface area contributed by atoms with Gasteiger partial charge in [0.2, 0.25) is 11.8 Å². The first-order valence-corrected chi connectivity index (χ1v) is 11.4. The number of nitrogens with zero attached hydrogens (tertiary/aromatic N) is 3. The number of amides is 2. The monoisotopic (exact) mass is 494 g/mol. The number of anilines is 2. The molecule has 0 bridgehead atoms. The molecule has 1 fully saturated rings. The Morgan fingerprint density at radius 2 is 1.90 bits per heavy atom. The Kier molecular flexibility index (Phi) is 5.20. The average molecular weight is 495 g/mol. The molecule has 0 radical (unpaired) electrons. The molecule has 0 aliphatic carbocycles. The van der Waals surface area contributed by atoms with Gasteiger partial charge in [-0.2, -0.15) is 0 Å². The summed E-state index contributed by atoms with van der Waals surface area (Å²) < 4.78 is 34.2. The number of furan rings is 1. The summed E-state index contributed by atoms with van der Waals surface area (Å²) in [7, 11) is -3.32.